The molecular weight excluding hydrogens is 258 g/mol. The van der Waals surface area contributed by atoms with Gasteiger partial charge in [-0.3, -0.25) is 0 Å². The molecule has 1 aromatic heterocycles. The van der Waals surface area contributed by atoms with E-state index >= 15 is 0 Å². The van der Waals surface area contributed by atoms with Crippen LogP contribution in [-0.4, -0.2) is 21.3 Å². The van der Waals surface area contributed by atoms with Crippen LogP contribution in [0.3, 0.4) is 0 Å². The molecule has 0 aliphatic heterocycles. The fourth-order valence-corrected chi connectivity index (χ4v) is 3.77. The number of nitrogens with zero attached hydrogens (tertiary/aromatic N) is 1. The highest BCUT2D eigenvalue weighted by Crippen LogP contribution is 2.34. The molecule has 19 heavy (non-hydrogen) atoms. The zero-order valence-electron chi connectivity index (χ0n) is 10.5. The molecule has 0 bridgehead atoms. The van der Waals surface area contributed by atoms with Gasteiger partial charge in [0.1, 0.15) is 0 Å². The van der Waals surface area contributed by atoms with Gasteiger partial charge in [-0.2, -0.15) is 0 Å². The maximum absolute atomic E-state index is 11.1. The third-order valence-electron chi connectivity index (χ3n) is 3.53. The third-order valence-corrected chi connectivity index (χ3v) is 4.80. The number of hydrogen-bond donors (Lipinski definition) is 1. The molecule has 1 aromatic carbocycles. The summed E-state index contributed by atoms with van der Waals surface area (Å²) in [5.41, 5.74) is 1.09. The van der Waals surface area contributed by atoms with Crippen molar-refractivity contribution in [3.05, 3.63) is 35.9 Å². The minimum absolute atomic E-state index is 0.322. The molecule has 4 heteroatoms. The first-order valence-electron chi connectivity index (χ1n) is 6.54. The number of thioether (sulfide) groups is 1. The first kappa shape index (κ1) is 12.5. The molecule has 3 nitrogen and oxygen atoms in total. The summed E-state index contributed by atoms with van der Waals surface area (Å²) < 4.78 is 0. The average Bonchev–Trinajstić information content (AvgIpc) is 2.90. The Morgan fingerprint density at radius 2 is 2.00 bits per heavy atom. The molecule has 1 aliphatic carbocycles. The molecule has 0 saturated heterocycles. The van der Waals surface area contributed by atoms with Crippen LogP contribution in [0.25, 0.3) is 10.9 Å². The lowest BCUT2D eigenvalue weighted by molar-refractivity contribution is 0.0699. The smallest absolute Gasteiger partial charge is 0.336 e. The van der Waals surface area contributed by atoms with Gasteiger partial charge in [-0.15, -0.1) is 11.8 Å². The highest BCUT2D eigenvalue weighted by molar-refractivity contribution is 7.99. The molecule has 1 fully saturated rings. The van der Waals surface area contributed by atoms with E-state index in [1.807, 2.05) is 30.0 Å². The second-order valence-electron chi connectivity index (χ2n) is 4.85. The quantitative estimate of drug-likeness (QED) is 0.919. The van der Waals surface area contributed by atoms with Gasteiger partial charge in [-0.25, -0.2) is 9.78 Å². The molecule has 2 aromatic rings. The first-order chi connectivity index (χ1) is 9.24. The number of carboxylic acid groups (broad SMARTS) is 1. The van der Waals surface area contributed by atoms with Crippen molar-refractivity contribution in [2.24, 2.45) is 0 Å². The van der Waals surface area contributed by atoms with Crippen molar-refractivity contribution in [2.75, 3.05) is 0 Å². The molecule has 1 N–H and O–H groups in total. The summed E-state index contributed by atoms with van der Waals surface area (Å²) in [6.45, 7) is 0. The number of aromatic carboxylic acids is 1. The van der Waals surface area contributed by atoms with Crippen molar-refractivity contribution in [3.63, 3.8) is 0 Å². The Hall–Kier alpha value is -1.55. The molecule has 1 aliphatic rings. The normalized spacial score (nSPS) is 16.0. The van der Waals surface area contributed by atoms with E-state index in [-0.39, 0.29) is 0 Å². The molecule has 0 atom stereocenters. The van der Waals surface area contributed by atoms with Gasteiger partial charge in [0.15, 0.2) is 0 Å². The number of benzene rings is 1. The fraction of sp³-hybridized carbons (Fsp3) is 0.333. The van der Waals surface area contributed by atoms with Crippen LogP contribution in [0.1, 0.15) is 36.0 Å². The topological polar surface area (TPSA) is 50.2 Å². The summed E-state index contributed by atoms with van der Waals surface area (Å²) >= 11 is 1.82. The SMILES string of the molecule is O=C(O)c1cccc2nc(SC3CCCC3)ccc12. The van der Waals surface area contributed by atoms with Gasteiger partial charge < -0.3 is 5.11 Å². The Morgan fingerprint density at radius 1 is 1.21 bits per heavy atom. The van der Waals surface area contributed by atoms with E-state index in [9.17, 15) is 4.79 Å². The second-order valence-corrected chi connectivity index (χ2v) is 6.17. The molecule has 1 heterocycles. The van der Waals surface area contributed by atoms with Crippen molar-refractivity contribution in [3.8, 4) is 0 Å². The summed E-state index contributed by atoms with van der Waals surface area (Å²) in [5.74, 6) is -0.899. The highest BCUT2D eigenvalue weighted by atomic mass is 32.2. The van der Waals surface area contributed by atoms with E-state index < -0.39 is 5.97 Å². The zero-order valence-corrected chi connectivity index (χ0v) is 11.3. The monoisotopic (exact) mass is 273 g/mol. The molecular formula is C15H15NO2S. The first-order valence-corrected chi connectivity index (χ1v) is 7.42. The van der Waals surface area contributed by atoms with Crippen LogP contribution in [-0.2, 0) is 0 Å². The van der Waals surface area contributed by atoms with Gasteiger partial charge in [-0.1, -0.05) is 18.9 Å². The van der Waals surface area contributed by atoms with Gasteiger partial charge in [0.25, 0.3) is 0 Å². The van der Waals surface area contributed by atoms with Crippen molar-refractivity contribution < 1.29 is 9.90 Å². The van der Waals surface area contributed by atoms with E-state index in [1.54, 1.807) is 12.1 Å². The van der Waals surface area contributed by atoms with Crippen LogP contribution < -0.4 is 0 Å². The van der Waals surface area contributed by atoms with Crippen LogP contribution >= 0.6 is 11.8 Å². The Morgan fingerprint density at radius 3 is 2.74 bits per heavy atom. The predicted octanol–water partition coefficient (Wildman–Crippen LogP) is 3.97. The summed E-state index contributed by atoms with van der Waals surface area (Å²) in [4.78, 5) is 15.7. The van der Waals surface area contributed by atoms with E-state index in [0.717, 1.165) is 10.5 Å². The van der Waals surface area contributed by atoms with E-state index in [0.29, 0.717) is 16.2 Å². The Balaban J connectivity index is 1.94. The van der Waals surface area contributed by atoms with Crippen molar-refractivity contribution in [1.29, 1.82) is 0 Å². The number of rotatable bonds is 3. The minimum atomic E-state index is -0.899. The van der Waals surface area contributed by atoms with E-state index in [2.05, 4.69) is 4.98 Å². The van der Waals surface area contributed by atoms with E-state index in [1.165, 1.54) is 25.7 Å². The molecule has 0 amide bonds. The summed E-state index contributed by atoms with van der Waals surface area (Å²) in [5, 5.41) is 11.5. The second kappa shape index (κ2) is 5.21. The van der Waals surface area contributed by atoms with Gasteiger partial charge in [0.2, 0.25) is 0 Å². The predicted molar refractivity (Wildman–Crippen MR) is 76.8 cm³/mol. The Labute approximate surface area is 116 Å². The number of carboxylic acids is 1. The number of fused-ring (bicyclic) bond motifs is 1. The van der Waals surface area contributed by atoms with Crippen molar-refractivity contribution in [2.45, 2.75) is 36.0 Å². The lowest BCUT2D eigenvalue weighted by atomic mass is 10.1. The van der Waals surface area contributed by atoms with Crippen molar-refractivity contribution in [1.82, 2.24) is 4.98 Å². The molecule has 0 spiro atoms. The molecule has 0 radical (unpaired) electrons. The molecule has 1 saturated carbocycles. The Kier molecular flexibility index (Phi) is 3.42. The lowest BCUT2D eigenvalue weighted by Gasteiger charge is -2.09. The maximum Gasteiger partial charge on any atom is 0.336 e. The lowest BCUT2D eigenvalue weighted by Crippen LogP contribution is -1.99. The number of pyridine rings is 1. The molecule has 0 unspecified atom stereocenters. The van der Waals surface area contributed by atoms with Crippen LogP contribution in [0.15, 0.2) is 35.4 Å². The minimum Gasteiger partial charge on any atom is -0.478 e. The van der Waals surface area contributed by atoms with Gasteiger partial charge in [0, 0.05) is 10.6 Å². The fourth-order valence-electron chi connectivity index (χ4n) is 2.57. The van der Waals surface area contributed by atoms with Crippen LogP contribution in [0, 0.1) is 0 Å². The van der Waals surface area contributed by atoms with Gasteiger partial charge >= 0.3 is 5.97 Å². The third kappa shape index (κ3) is 2.59. The highest BCUT2D eigenvalue weighted by Gasteiger charge is 2.17. The number of aromatic nitrogens is 1. The van der Waals surface area contributed by atoms with E-state index in [4.69, 9.17) is 5.11 Å². The summed E-state index contributed by atoms with van der Waals surface area (Å²) in [6.07, 6.45) is 5.15. The molecule has 98 valence electrons. The molecule has 3 rings (SSSR count). The van der Waals surface area contributed by atoms with Gasteiger partial charge in [0.05, 0.1) is 16.1 Å². The van der Waals surface area contributed by atoms with Gasteiger partial charge in [-0.05, 0) is 37.1 Å². The Bertz CT molecular complexity index is 621. The van der Waals surface area contributed by atoms with Crippen LogP contribution in [0.5, 0.6) is 0 Å². The van der Waals surface area contributed by atoms with Crippen LogP contribution in [0.4, 0.5) is 0 Å². The largest absolute Gasteiger partial charge is 0.478 e. The average molecular weight is 273 g/mol. The summed E-state index contributed by atoms with van der Waals surface area (Å²) in [6, 6.07) is 9.07. The summed E-state index contributed by atoms with van der Waals surface area (Å²) in [7, 11) is 0. The van der Waals surface area contributed by atoms with Crippen LogP contribution in [0.2, 0.25) is 0 Å². The number of carbonyl (C=O) groups is 1. The standard InChI is InChI=1S/C15H15NO2S/c17-15(18)12-6-3-7-13-11(12)8-9-14(16-13)19-10-4-1-2-5-10/h3,6-10H,1-2,4-5H2,(H,17,18). The zero-order chi connectivity index (χ0) is 13.2. The number of hydrogen-bond acceptors (Lipinski definition) is 3. The maximum atomic E-state index is 11.1. The van der Waals surface area contributed by atoms with Crippen molar-refractivity contribution >= 4 is 28.6 Å².